The summed E-state index contributed by atoms with van der Waals surface area (Å²) in [6, 6.07) is 6.54. The SMILES string of the molecule is CCSc1c(S(=O)(=O)c2ccc(C)cc2)[nH]c2c1C(=O)CCCC2=O. The Labute approximate surface area is 151 Å². The molecule has 5 nitrogen and oxygen atoms in total. The molecule has 1 heterocycles. The van der Waals surface area contributed by atoms with Gasteiger partial charge in [-0.25, -0.2) is 8.42 Å². The van der Waals surface area contributed by atoms with E-state index < -0.39 is 9.84 Å². The number of aryl methyl sites for hydroxylation is 1. The summed E-state index contributed by atoms with van der Waals surface area (Å²) in [6.07, 6.45) is 1.01. The second-order valence-electron chi connectivity index (χ2n) is 5.98. The lowest BCUT2D eigenvalue weighted by atomic mass is 10.1. The number of carbonyl (C=O) groups excluding carboxylic acids is 2. The highest BCUT2D eigenvalue weighted by Gasteiger charge is 2.34. The molecule has 0 atom stereocenters. The number of fused-ring (bicyclic) bond motifs is 1. The Morgan fingerprint density at radius 3 is 2.36 bits per heavy atom. The first-order chi connectivity index (χ1) is 11.9. The average molecular weight is 377 g/mol. The van der Waals surface area contributed by atoms with Crippen LogP contribution in [-0.2, 0) is 9.84 Å². The second-order valence-corrected chi connectivity index (χ2v) is 9.14. The number of rotatable bonds is 4. The number of Topliss-reactive ketones (excluding diaryl/α,β-unsaturated/α-hetero) is 2. The lowest BCUT2D eigenvalue weighted by Gasteiger charge is -2.07. The van der Waals surface area contributed by atoms with E-state index in [4.69, 9.17) is 0 Å². The van der Waals surface area contributed by atoms with E-state index in [1.54, 1.807) is 24.3 Å². The normalized spacial score (nSPS) is 15.1. The van der Waals surface area contributed by atoms with Gasteiger partial charge in [0.25, 0.3) is 0 Å². The topological polar surface area (TPSA) is 84.1 Å². The van der Waals surface area contributed by atoms with Gasteiger partial charge < -0.3 is 4.98 Å². The predicted molar refractivity (Wildman–Crippen MR) is 96.3 cm³/mol. The maximum atomic E-state index is 13.1. The van der Waals surface area contributed by atoms with Crippen LogP contribution in [0.2, 0.25) is 0 Å². The van der Waals surface area contributed by atoms with E-state index in [2.05, 4.69) is 4.98 Å². The number of thioether (sulfide) groups is 1. The minimum atomic E-state index is -3.84. The monoisotopic (exact) mass is 377 g/mol. The molecule has 25 heavy (non-hydrogen) atoms. The number of sulfone groups is 1. The van der Waals surface area contributed by atoms with Crippen LogP contribution in [0.5, 0.6) is 0 Å². The van der Waals surface area contributed by atoms with Gasteiger partial charge in [-0.15, -0.1) is 11.8 Å². The average Bonchev–Trinajstić information content (AvgIpc) is 2.89. The Bertz CT molecular complexity index is 940. The summed E-state index contributed by atoms with van der Waals surface area (Å²) < 4.78 is 26.2. The fourth-order valence-corrected chi connectivity index (χ4v) is 5.55. The lowest BCUT2D eigenvalue weighted by molar-refractivity contribution is 0.0976. The molecule has 0 aliphatic heterocycles. The van der Waals surface area contributed by atoms with Crippen LogP contribution in [0.25, 0.3) is 0 Å². The predicted octanol–water partition coefficient (Wildman–Crippen LogP) is 3.82. The molecule has 0 amide bonds. The number of benzene rings is 1. The van der Waals surface area contributed by atoms with Crippen LogP contribution >= 0.6 is 11.8 Å². The number of aromatic nitrogens is 1. The standard InChI is InChI=1S/C18H19NO4S2/c1-3-24-17-15-13(20)5-4-6-14(21)16(15)19-18(17)25(22,23)12-9-7-11(2)8-10-12/h7-10,19H,3-6H2,1-2H3. The molecular weight excluding hydrogens is 358 g/mol. The van der Waals surface area contributed by atoms with Crippen molar-refractivity contribution in [2.45, 2.75) is 47.9 Å². The van der Waals surface area contributed by atoms with Gasteiger partial charge in [0, 0.05) is 12.8 Å². The van der Waals surface area contributed by atoms with Crippen molar-refractivity contribution in [3.63, 3.8) is 0 Å². The van der Waals surface area contributed by atoms with E-state index in [-0.39, 0.29) is 45.6 Å². The summed E-state index contributed by atoms with van der Waals surface area (Å²) in [6.45, 7) is 3.76. The third-order valence-corrected chi connectivity index (χ3v) is 7.03. The molecule has 7 heteroatoms. The first-order valence-corrected chi connectivity index (χ1v) is 10.6. The van der Waals surface area contributed by atoms with Gasteiger partial charge in [0.15, 0.2) is 16.6 Å². The van der Waals surface area contributed by atoms with E-state index in [0.717, 1.165) is 5.56 Å². The van der Waals surface area contributed by atoms with E-state index in [0.29, 0.717) is 17.1 Å². The van der Waals surface area contributed by atoms with E-state index in [1.807, 2.05) is 13.8 Å². The van der Waals surface area contributed by atoms with Crippen molar-refractivity contribution in [3.05, 3.63) is 41.1 Å². The van der Waals surface area contributed by atoms with E-state index in [1.165, 1.54) is 11.8 Å². The van der Waals surface area contributed by atoms with Crippen LogP contribution < -0.4 is 0 Å². The first-order valence-electron chi connectivity index (χ1n) is 8.13. The van der Waals surface area contributed by atoms with Gasteiger partial charge in [-0.1, -0.05) is 24.6 Å². The van der Waals surface area contributed by atoms with Gasteiger partial charge in [-0.05, 0) is 31.2 Å². The van der Waals surface area contributed by atoms with E-state index in [9.17, 15) is 18.0 Å². The van der Waals surface area contributed by atoms with Crippen molar-refractivity contribution in [1.29, 1.82) is 0 Å². The van der Waals surface area contributed by atoms with Crippen molar-refractivity contribution >= 4 is 33.2 Å². The maximum absolute atomic E-state index is 13.1. The minimum Gasteiger partial charge on any atom is -0.341 e. The quantitative estimate of drug-likeness (QED) is 0.647. The van der Waals surface area contributed by atoms with Crippen LogP contribution in [0.3, 0.4) is 0 Å². The highest BCUT2D eigenvalue weighted by molar-refractivity contribution is 8.00. The third-order valence-electron chi connectivity index (χ3n) is 4.18. The second kappa shape index (κ2) is 6.80. The van der Waals surface area contributed by atoms with Crippen LogP contribution in [0, 0.1) is 6.92 Å². The fourth-order valence-electron chi connectivity index (χ4n) is 2.90. The largest absolute Gasteiger partial charge is 0.341 e. The zero-order valence-corrected chi connectivity index (χ0v) is 15.7. The highest BCUT2D eigenvalue weighted by Crippen LogP contribution is 2.38. The minimum absolute atomic E-state index is 0.0446. The molecule has 132 valence electrons. The Balaban J connectivity index is 2.24. The molecule has 1 aromatic carbocycles. The van der Waals surface area contributed by atoms with Crippen molar-refractivity contribution in [1.82, 2.24) is 4.98 Å². The van der Waals surface area contributed by atoms with Gasteiger partial charge in [0.2, 0.25) is 9.84 Å². The van der Waals surface area contributed by atoms with Gasteiger partial charge in [-0.2, -0.15) is 0 Å². The number of ketones is 2. The number of hydrogen-bond acceptors (Lipinski definition) is 5. The molecule has 1 aliphatic carbocycles. The zero-order chi connectivity index (χ0) is 18.2. The lowest BCUT2D eigenvalue weighted by Crippen LogP contribution is -2.05. The molecule has 3 rings (SSSR count). The zero-order valence-electron chi connectivity index (χ0n) is 14.1. The van der Waals surface area contributed by atoms with Crippen LogP contribution in [0.4, 0.5) is 0 Å². The molecule has 1 N–H and O–H groups in total. The summed E-state index contributed by atoms with van der Waals surface area (Å²) in [4.78, 5) is 28.1. The number of aromatic amines is 1. The number of hydrogen-bond donors (Lipinski definition) is 1. The van der Waals surface area contributed by atoms with Crippen LogP contribution in [0.1, 0.15) is 52.6 Å². The molecule has 0 fully saturated rings. The summed E-state index contributed by atoms with van der Waals surface area (Å²) in [5.41, 5.74) is 1.35. The Kier molecular flexibility index (Phi) is 4.88. The van der Waals surface area contributed by atoms with Gasteiger partial charge in [0.1, 0.15) is 0 Å². The van der Waals surface area contributed by atoms with Crippen molar-refractivity contribution in [2.24, 2.45) is 0 Å². The molecule has 2 aromatic rings. The first kappa shape index (κ1) is 17.9. The Morgan fingerprint density at radius 2 is 1.72 bits per heavy atom. The molecule has 0 bridgehead atoms. The molecule has 0 radical (unpaired) electrons. The molecule has 0 unspecified atom stereocenters. The summed E-state index contributed by atoms with van der Waals surface area (Å²) >= 11 is 1.28. The molecule has 0 spiro atoms. The summed E-state index contributed by atoms with van der Waals surface area (Å²) in [5, 5.41) is -0.0446. The van der Waals surface area contributed by atoms with Crippen LogP contribution in [0.15, 0.2) is 39.1 Å². The van der Waals surface area contributed by atoms with Gasteiger partial charge >= 0.3 is 0 Å². The Hall–Kier alpha value is -1.86. The van der Waals surface area contributed by atoms with E-state index >= 15 is 0 Å². The number of H-pyrrole nitrogens is 1. The molecular formula is C18H19NO4S2. The number of carbonyl (C=O) groups is 2. The fraction of sp³-hybridized carbons (Fsp3) is 0.333. The van der Waals surface area contributed by atoms with Crippen molar-refractivity contribution in [3.8, 4) is 0 Å². The highest BCUT2D eigenvalue weighted by atomic mass is 32.2. The van der Waals surface area contributed by atoms with Gasteiger partial charge in [0.05, 0.1) is 21.0 Å². The molecule has 0 saturated heterocycles. The maximum Gasteiger partial charge on any atom is 0.222 e. The van der Waals surface area contributed by atoms with Crippen LogP contribution in [-0.4, -0.2) is 30.7 Å². The van der Waals surface area contributed by atoms with Gasteiger partial charge in [-0.3, -0.25) is 9.59 Å². The van der Waals surface area contributed by atoms with Crippen molar-refractivity contribution < 1.29 is 18.0 Å². The van der Waals surface area contributed by atoms with Crippen molar-refractivity contribution in [2.75, 3.05) is 5.75 Å². The number of nitrogens with one attached hydrogen (secondary N) is 1. The molecule has 0 saturated carbocycles. The molecule has 1 aromatic heterocycles. The summed E-state index contributed by atoms with van der Waals surface area (Å²) in [7, 11) is -3.84. The summed E-state index contributed by atoms with van der Waals surface area (Å²) in [5.74, 6) is 0.227. The molecule has 1 aliphatic rings. The Morgan fingerprint density at radius 1 is 1.08 bits per heavy atom. The third kappa shape index (κ3) is 3.18. The smallest absolute Gasteiger partial charge is 0.222 e.